The van der Waals surface area contributed by atoms with E-state index in [-0.39, 0.29) is 22.8 Å². The number of aromatic amines is 1. The number of benzene rings is 1. The van der Waals surface area contributed by atoms with E-state index < -0.39 is 0 Å². The number of nitrogens with zero attached hydrogens (tertiary/aromatic N) is 1. The molecule has 0 bridgehead atoms. The van der Waals surface area contributed by atoms with Crippen molar-refractivity contribution in [3.63, 3.8) is 0 Å². The molecule has 2 atom stereocenters. The molecule has 1 fully saturated rings. The highest BCUT2D eigenvalue weighted by Crippen LogP contribution is 2.64. The van der Waals surface area contributed by atoms with Crippen LogP contribution in [0.5, 0.6) is 0 Å². The lowest BCUT2D eigenvalue weighted by molar-refractivity contribution is -0.125. The minimum atomic E-state index is -0.377. The van der Waals surface area contributed by atoms with Crippen LogP contribution in [0.3, 0.4) is 0 Å². The zero-order chi connectivity index (χ0) is 16.9. The van der Waals surface area contributed by atoms with E-state index in [0.29, 0.717) is 0 Å². The smallest absolute Gasteiger partial charge is 0.231 e. The van der Waals surface area contributed by atoms with Gasteiger partial charge in [0.2, 0.25) is 5.91 Å². The van der Waals surface area contributed by atoms with E-state index >= 15 is 0 Å². The van der Waals surface area contributed by atoms with E-state index in [9.17, 15) is 4.79 Å². The van der Waals surface area contributed by atoms with Crippen molar-refractivity contribution in [2.45, 2.75) is 57.9 Å². The zero-order valence-electron chi connectivity index (χ0n) is 14.6. The van der Waals surface area contributed by atoms with E-state index in [4.69, 9.17) is 0 Å². The second kappa shape index (κ2) is 5.20. The van der Waals surface area contributed by atoms with Gasteiger partial charge in [-0.3, -0.25) is 4.79 Å². The first-order valence-corrected chi connectivity index (χ1v) is 8.83. The third-order valence-corrected chi connectivity index (χ3v) is 5.89. The molecule has 0 saturated heterocycles. The number of H-pyrrole nitrogens is 1. The molecule has 4 nitrogen and oxygen atoms in total. The van der Waals surface area contributed by atoms with E-state index in [1.54, 1.807) is 0 Å². The molecule has 0 aliphatic heterocycles. The second-order valence-electron chi connectivity index (χ2n) is 7.99. The molecule has 0 spiro atoms. The molecule has 1 aromatic carbocycles. The number of carbonyl (C=O) groups excluding carboxylic acids is 1. The van der Waals surface area contributed by atoms with Gasteiger partial charge in [0.1, 0.15) is 5.82 Å². The van der Waals surface area contributed by atoms with Crippen molar-refractivity contribution in [3.05, 3.63) is 53.1 Å². The van der Waals surface area contributed by atoms with Crippen LogP contribution >= 0.6 is 0 Å². The molecule has 4 heteroatoms. The lowest BCUT2D eigenvalue weighted by atomic mass is 9.86. The van der Waals surface area contributed by atoms with E-state index in [1.165, 1.54) is 11.4 Å². The molecule has 24 heavy (non-hydrogen) atoms. The largest absolute Gasteiger partial charge is 0.352 e. The van der Waals surface area contributed by atoms with Crippen LogP contribution in [0.2, 0.25) is 0 Å². The highest BCUT2D eigenvalue weighted by Gasteiger charge is 2.67. The monoisotopic (exact) mass is 323 g/mol. The van der Waals surface area contributed by atoms with Crippen LogP contribution < -0.4 is 5.32 Å². The molecule has 1 aromatic heterocycles. The summed E-state index contributed by atoms with van der Waals surface area (Å²) in [7, 11) is 0. The van der Waals surface area contributed by atoms with Gasteiger partial charge in [0, 0.05) is 18.2 Å². The van der Waals surface area contributed by atoms with Gasteiger partial charge in [0.15, 0.2) is 0 Å². The number of aromatic nitrogens is 2. The fourth-order valence-electron chi connectivity index (χ4n) is 4.41. The van der Waals surface area contributed by atoms with Crippen molar-refractivity contribution in [1.29, 1.82) is 0 Å². The molecular weight excluding hydrogens is 298 g/mol. The number of carbonyl (C=O) groups is 1. The van der Waals surface area contributed by atoms with Crippen LogP contribution in [-0.2, 0) is 23.1 Å². The maximum atomic E-state index is 13.2. The molecule has 126 valence electrons. The summed E-state index contributed by atoms with van der Waals surface area (Å²) in [6, 6.07) is 10.4. The van der Waals surface area contributed by atoms with Crippen LogP contribution in [-0.4, -0.2) is 21.9 Å². The number of hydrogen-bond donors (Lipinski definition) is 2. The Morgan fingerprint density at radius 1 is 1.29 bits per heavy atom. The van der Waals surface area contributed by atoms with Crippen molar-refractivity contribution in [2.75, 3.05) is 0 Å². The third kappa shape index (κ3) is 2.27. The highest BCUT2D eigenvalue weighted by molar-refractivity contribution is 5.93. The van der Waals surface area contributed by atoms with Gasteiger partial charge in [-0.05, 0) is 37.2 Å². The van der Waals surface area contributed by atoms with Gasteiger partial charge >= 0.3 is 0 Å². The number of rotatable bonds is 3. The Bertz CT molecular complexity index is 777. The summed E-state index contributed by atoms with van der Waals surface area (Å²) in [5.74, 6) is 1.15. The van der Waals surface area contributed by atoms with Crippen molar-refractivity contribution in [2.24, 2.45) is 5.41 Å². The molecule has 1 amide bonds. The van der Waals surface area contributed by atoms with Gasteiger partial charge in [-0.15, -0.1) is 0 Å². The molecule has 2 N–H and O–H groups in total. The predicted octanol–water partition coefficient (Wildman–Crippen LogP) is 3.06. The van der Waals surface area contributed by atoms with Crippen LogP contribution in [0.25, 0.3) is 0 Å². The first kappa shape index (κ1) is 15.4. The summed E-state index contributed by atoms with van der Waals surface area (Å²) >= 11 is 0. The maximum Gasteiger partial charge on any atom is 0.231 e. The van der Waals surface area contributed by atoms with Crippen molar-refractivity contribution >= 4 is 5.91 Å². The van der Waals surface area contributed by atoms with E-state index in [1.807, 2.05) is 25.1 Å². The zero-order valence-corrected chi connectivity index (χ0v) is 14.6. The minimum Gasteiger partial charge on any atom is -0.352 e. The molecule has 1 saturated carbocycles. The minimum absolute atomic E-state index is 0.0167. The third-order valence-electron chi connectivity index (χ3n) is 5.89. The van der Waals surface area contributed by atoms with Gasteiger partial charge in [0.05, 0.1) is 11.1 Å². The molecule has 2 unspecified atom stereocenters. The lowest BCUT2D eigenvalue weighted by Crippen LogP contribution is -2.45. The highest BCUT2D eigenvalue weighted by atomic mass is 16.2. The molecule has 2 aliphatic rings. The Morgan fingerprint density at radius 2 is 2.00 bits per heavy atom. The maximum absolute atomic E-state index is 13.2. The van der Waals surface area contributed by atoms with Gasteiger partial charge in [0.25, 0.3) is 0 Å². The van der Waals surface area contributed by atoms with Crippen molar-refractivity contribution < 1.29 is 4.79 Å². The first-order chi connectivity index (χ1) is 11.4. The number of fused-ring (bicyclic) bond motifs is 1. The van der Waals surface area contributed by atoms with Gasteiger partial charge < -0.3 is 10.3 Å². The number of aryl methyl sites for hydroxylation is 2. The lowest BCUT2D eigenvalue weighted by Gasteiger charge is -2.27. The van der Waals surface area contributed by atoms with Gasteiger partial charge in [-0.1, -0.05) is 44.2 Å². The molecule has 2 aromatic rings. The molecule has 1 heterocycles. The predicted molar refractivity (Wildman–Crippen MR) is 93.8 cm³/mol. The molecular formula is C20H25N3O. The average molecular weight is 323 g/mol. The number of hydrogen-bond acceptors (Lipinski definition) is 2. The van der Waals surface area contributed by atoms with Crippen LogP contribution in [0.1, 0.15) is 49.5 Å². The Kier molecular flexibility index (Phi) is 3.34. The first-order valence-electron chi connectivity index (χ1n) is 8.83. The standard InChI is InChI=1S/C20H25N3O/c1-13-21-16-10-9-15(11-17(16)22-13)23-18(24)20(12-19(20,2)3)14-7-5-4-6-8-14/h4-8,15H,9-12H2,1-3H3,(H,21,22)(H,23,24). The number of imidazole rings is 1. The Morgan fingerprint density at radius 3 is 2.67 bits per heavy atom. The Balaban J connectivity index is 1.54. The quantitative estimate of drug-likeness (QED) is 0.912. The number of nitrogens with one attached hydrogen (secondary N) is 2. The van der Waals surface area contributed by atoms with Crippen LogP contribution in [0.4, 0.5) is 0 Å². The van der Waals surface area contributed by atoms with Gasteiger partial charge in [-0.25, -0.2) is 4.98 Å². The average Bonchev–Trinajstić information content (AvgIpc) is 2.95. The fourth-order valence-corrected chi connectivity index (χ4v) is 4.41. The van der Waals surface area contributed by atoms with Crippen LogP contribution in [0.15, 0.2) is 30.3 Å². The summed E-state index contributed by atoms with van der Waals surface area (Å²) < 4.78 is 0. The van der Waals surface area contributed by atoms with Crippen LogP contribution in [0, 0.1) is 12.3 Å². The molecule has 2 aliphatic carbocycles. The second-order valence-corrected chi connectivity index (χ2v) is 7.99. The Hall–Kier alpha value is -2.10. The number of amides is 1. The van der Waals surface area contributed by atoms with Gasteiger partial charge in [-0.2, -0.15) is 0 Å². The van der Waals surface area contributed by atoms with E-state index in [2.05, 4.69) is 41.3 Å². The SMILES string of the molecule is Cc1nc2c([nH]1)CC(NC(=O)C1(c3ccccc3)CC1(C)C)CC2. The van der Waals surface area contributed by atoms with Crippen molar-refractivity contribution in [3.8, 4) is 0 Å². The van der Waals surface area contributed by atoms with Crippen molar-refractivity contribution in [1.82, 2.24) is 15.3 Å². The molecule has 4 rings (SSSR count). The topological polar surface area (TPSA) is 57.8 Å². The van der Waals surface area contributed by atoms with E-state index in [0.717, 1.165) is 37.1 Å². The Labute approximate surface area is 143 Å². The summed E-state index contributed by atoms with van der Waals surface area (Å²) in [5, 5.41) is 3.34. The normalized spacial score (nSPS) is 27.4. The summed E-state index contributed by atoms with van der Waals surface area (Å²) in [5.41, 5.74) is 3.14. The fraction of sp³-hybridized carbons (Fsp3) is 0.500. The summed E-state index contributed by atoms with van der Waals surface area (Å²) in [4.78, 5) is 21.1. The molecule has 0 radical (unpaired) electrons. The summed E-state index contributed by atoms with van der Waals surface area (Å²) in [6.07, 6.45) is 3.67. The summed E-state index contributed by atoms with van der Waals surface area (Å²) in [6.45, 7) is 6.37.